The van der Waals surface area contributed by atoms with Crippen molar-refractivity contribution in [1.82, 2.24) is 15.1 Å². The number of hydrogen-bond donors (Lipinski definition) is 1. The van der Waals surface area contributed by atoms with Crippen molar-refractivity contribution < 1.29 is 0 Å². The zero-order valence-electron chi connectivity index (χ0n) is 13.0. The van der Waals surface area contributed by atoms with Gasteiger partial charge in [0.25, 0.3) is 0 Å². The molecule has 0 bridgehead atoms. The van der Waals surface area contributed by atoms with Crippen LogP contribution in [0.2, 0.25) is 0 Å². The predicted octanol–water partition coefficient (Wildman–Crippen LogP) is 4.14. The van der Waals surface area contributed by atoms with Gasteiger partial charge in [0.1, 0.15) is 0 Å². The van der Waals surface area contributed by atoms with Crippen LogP contribution in [0.25, 0.3) is 0 Å². The van der Waals surface area contributed by atoms with E-state index in [1.165, 1.54) is 23.0 Å². The highest BCUT2D eigenvalue weighted by molar-refractivity contribution is 9.10. The summed E-state index contributed by atoms with van der Waals surface area (Å²) in [4.78, 5) is 0. The molecule has 0 amide bonds. The average Bonchev–Trinajstić information content (AvgIpc) is 2.73. The molecule has 1 aromatic heterocycles. The highest BCUT2D eigenvalue weighted by Gasteiger charge is 2.17. The van der Waals surface area contributed by atoms with Crippen LogP contribution in [0.1, 0.15) is 58.8 Å². The van der Waals surface area contributed by atoms with Gasteiger partial charge in [-0.1, -0.05) is 33.6 Å². The van der Waals surface area contributed by atoms with E-state index in [2.05, 4.69) is 65.6 Å². The maximum atomic E-state index is 4.64. The average molecular weight is 330 g/mol. The van der Waals surface area contributed by atoms with Crippen LogP contribution >= 0.6 is 15.9 Å². The Bertz CT molecular complexity index is 383. The number of rotatable bonds is 8. The predicted molar refractivity (Wildman–Crippen MR) is 85.4 cm³/mol. The van der Waals surface area contributed by atoms with Crippen LogP contribution in [-0.4, -0.2) is 15.8 Å². The SMILES string of the molecule is CCc1nn(CC)c(CNC(C)C(CC)CC)c1Br. The molecule has 1 atom stereocenters. The minimum Gasteiger partial charge on any atom is -0.308 e. The Morgan fingerprint density at radius 1 is 1.21 bits per heavy atom. The Balaban J connectivity index is 2.74. The number of nitrogens with zero attached hydrogens (tertiary/aromatic N) is 2. The van der Waals surface area contributed by atoms with Gasteiger partial charge in [0.05, 0.1) is 15.9 Å². The van der Waals surface area contributed by atoms with Crippen molar-refractivity contribution in [3.05, 3.63) is 15.9 Å². The number of nitrogens with one attached hydrogen (secondary N) is 1. The molecule has 0 aromatic carbocycles. The van der Waals surface area contributed by atoms with E-state index in [4.69, 9.17) is 0 Å². The van der Waals surface area contributed by atoms with Gasteiger partial charge in [-0.2, -0.15) is 5.10 Å². The van der Waals surface area contributed by atoms with E-state index in [9.17, 15) is 0 Å². The fraction of sp³-hybridized carbons (Fsp3) is 0.800. The summed E-state index contributed by atoms with van der Waals surface area (Å²) < 4.78 is 3.29. The minimum atomic E-state index is 0.548. The number of hydrogen-bond acceptors (Lipinski definition) is 2. The fourth-order valence-corrected chi connectivity index (χ4v) is 3.31. The third-order valence-electron chi connectivity index (χ3n) is 4.04. The summed E-state index contributed by atoms with van der Waals surface area (Å²) in [5.74, 6) is 0.752. The number of aryl methyl sites for hydroxylation is 2. The number of halogens is 1. The Morgan fingerprint density at radius 3 is 2.32 bits per heavy atom. The van der Waals surface area contributed by atoms with Gasteiger partial charge in [-0.3, -0.25) is 4.68 Å². The van der Waals surface area contributed by atoms with Crippen molar-refractivity contribution in [3.8, 4) is 0 Å². The van der Waals surface area contributed by atoms with E-state index in [0.29, 0.717) is 6.04 Å². The van der Waals surface area contributed by atoms with E-state index < -0.39 is 0 Å². The summed E-state index contributed by atoms with van der Waals surface area (Å²) in [7, 11) is 0. The monoisotopic (exact) mass is 329 g/mol. The van der Waals surface area contributed by atoms with Crippen LogP contribution in [0.3, 0.4) is 0 Å². The summed E-state index contributed by atoms with van der Waals surface area (Å²) >= 11 is 3.70. The molecule has 0 saturated carbocycles. The van der Waals surface area contributed by atoms with Crippen LogP contribution < -0.4 is 5.32 Å². The highest BCUT2D eigenvalue weighted by atomic mass is 79.9. The highest BCUT2D eigenvalue weighted by Crippen LogP contribution is 2.23. The zero-order valence-corrected chi connectivity index (χ0v) is 14.5. The van der Waals surface area contributed by atoms with E-state index in [1.807, 2.05) is 0 Å². The van der Waals surface area contributed by atoms with Crippen LogP contribution in [0.15, 0.2) is 4.47 Å². The molecule has 1 rings (SSSR count). The Morgan fingerprint density at radius 2 is 1.84 bits per heavy atom. The third-order valence-corrected chi connectivity index (χ3v) is 4.96. The van der Waals surface area contributed by atoms with Crippen molar-refractivity contribution in [2.75, 3.05) is 0 Å². The van der Waals surface area contributed by atoms with Gasteiger partial charge in [0.2, 0.25) is 0 Å². The molecule has 4 heteroatoms. The maximum absolute atomic E-state index is 4.64. The maximum Gasteiger partial charge on any atom is 0.0767 e. The van der Waals surface area contributed by atoms with E-state index in [-0.39, 0.29) is 0 Å². The van der Waals surface area contributed by atoms with Gasteiger partial charge in [-0.05, 0) is 42.1 Å². The lowest BCUT2D eigenvalue weighted by molar-refractivity contribution is 0.349. The molecule has 0 fully saturated rings. The molecule has 0 aliphatic carbocycles. The second kappa shape index (κ2) is 8.05. The van der Waals surface area contributed by atoms with Crippen LogP contribution in [0.4, 0.5) is 0 Å². The first-order valence-corrected chi connectivity index (χ1v) is 8.35. The van der Waals surface area contributed by atoms with Crippen molar-refractivity contribution in [3.63, 3.8) is 0 Å². The Hall–Kier alpha value is -0.350. The molecule has 3 nitrogen and oxygen atoms in total. The molecule has 0 saturated heterocycles. The first kappa shape index (κ1) is 16.7. The summed E-state index contributed by atoms with van der Waals surface area (Å²) in [6, 6.07) is 0.548. The first-order chi connectivity index (χ1) is 9.08. The third kappa shape index (κ3) is 4.06. The van der Waals surface area contributed by atoms with Gasteiger partial charge in [-0.25, -0.2) is 0 Å². The Labute approximate surface area is 126 Å². The molecule has 1 aromatic rings. The van der Waals surface area contributed by atoms with Gasteiger partial charge in [-0.15, -0.1) is 0 Å². The molecule has 0 radical (unpaired) electrons. The largest absolute Gasteiger partial charge is 0.308 e. The molecule has 1 N–H and O–H groups in total. The summed E-state index contributed by atoms with van der Waals surface area (Å²) in [6.45, 7) is 12.9. The summed E-state index contributed by atoms with van der Waals surface area (Å²) in [6.07, 6.45) is 3.45. The summed E-state index contributed by atoms with van der Waals surface area (Å²) in [5, 5.41) is 8.30. The lowest BCUT2D eigenvalue weighted by Crippen LogP contribution is -2.33. The van der Waals surface area contributed by atoms with Gasteiger partial charge >= 0.3 is 0 Å². The van der Waals surface area contributed by atoms with Crippen molar-refractivity contribution >= 4 is 15.9 Å². The molecular weight excluding hydrogens is 302 g/mol. The van der Waals surface area contributed by atoms with Crippen LogP contribution in [-0.2, 0) is 19.5 Å². The van der Waals surface area contributed by atoms with Crippen LogP contribution in [0.5, 0.6) is 0 Å². The standard InChI is InChI=1S/C15H28BrN3/c1-6-12(7-2)11(5)17-10-14-15(16)13(8-3)18-19(14)9-4/h11-12,17H,6-10H2,1-5H3. The molecule has 0 aliphatic rings. The second-order valence-electron chi connectivity index (χ2n) is 5.12. The molecule has 1 unspecified atom stereocenters. The van der Waals surface area contributed by atoms with E-state index in [1.54, 1.807) is 0 Å². The van der Waals surface area contributed by atoms with Gasteiger partial charge in [0, 0.05) is 19.1 Å². The topological polar surface area (TPSA) is 29.9 Å². The quantitative estimate of drug-likeness (QED) is 0.776. The zero-order chi connectivity index (χ0) is 14.4. The fourth-order valence-electron chi connectivity index (χ4n) is 2.61. The second-order valence-corrected chi connectivity index (χ2v) is 5.92. The van der Waals surface area contributed by atoms with Crippen molar-refractivity contribution in [2.45, 2.75) is 73.0 Å². The van der Waals surface area contributed by atoms with E-state index >= 15 is 0 Å². The molecule has 19 heavy (non-hydrogen) atoms. The van der Waals surface area contributed by atoms with Gasteiger partial charge < -0.3 is 5.32 Å². The smallest absolute Gasteiger partial charge is 0.0767 e. The normalized spacial score (nSPS) is 13.2. The minimum absolute atomic E-state index is 0.548. The molecule has 0 spiro atoms. The van der Waals surface area contributed by atoms with Crippen molar-refractivity contribution in [2.24, 2.45) is 5.92 Å². The lowest BCUT2D eigenvalue weighted by Gasteiger charge is -2.22. The summed E-state index contributed by atoms with van der Waals surface area (Å²) in [5.41, 5.74) is 2.44. The number of aromatic nitrogens is 2. The van der Waals surface area contributed by atoms with Gasteiger partial charge in [0.15, 0.2) is 0 Å². The molecule has 0 aliphatic heterocycles. The Kier molecular flexibility index (Phi) is 7.08. The van der Waals surface area contributed by atoms with Crippen molar-refractivity contribution in [1.29, 1.82) is 0 Å². The molecule has 1 heterocycles. The molecular formula is C15H28BrN3. The lowest BCUT2D eigenvalue weighted by atomic mass is 9.95. The molecule has 110 valence electrons. The van der Waals surface area contributed by atoms with E-state index in [0.717, 1.165) is 31.1 Å². The first-order valence-electron chi connectivity index (χ1n) is 7.56. The van der Waals surface area contributed by atoms with Crippen LogP contribution in [0, 0.1) is 5.92 Å².